The van der Waals surface area contributed by atoms with Gasteiger partial charge in [-0.05, 0) is 17.5 Å². The molecule has 3 aromatic rings. The summed E-state index contributed by atoms with van der Waals surface area (Å²) >= 11 is 1.71. The molecule has 0 aliphatic carbocycles. The number of rotatable bonds is 2. The number of nitrogens with zero attached hydrogens (tertiary/aromatic N) is 2. The molecule has 0 spiro atoms. The Morgan fingerprint density at radius 2 is 2.00 bits per heavy atom. The van der Waals surface area contributed by atoms with Gasteiger partial charge < -0.3 is 17.6 Å². The average Bonchev–Trinajstić information content (AvgIpc) is 2.79. The van der Waals surface area contributed by atoms with Crippen LogP contribution in [0.15, 0.2) is 54.3 Å². The molecular formula is C13H11ClN2OS. The van der Waals surface area contributed by atoms with Crippen molar-refractivity contribution in [1.29, 1.82) is 0 Å². The highest BCUT2D eigenvalue weighted by Crippen LogP contribution is 2.17. The molecule has 3 nitrogen and oxygen atoms in total. The third kappa shape index (κ3) is 2.44. The first-order valence-corrected chi connectivity index (χ1v) is 6.24. The summed E-state index contributed by atoms with van der Waals surface area (Å²) in [5, 5.41) is 14.9. The lowest BCUT2D eigenvalue weighted by molar-refractivity contribution is -0.717. The SMILES string of the molecule is [Cl-].[O-][n+]1ccccc1C[n+]1ccc2ccsc2c1. The molecule has 0 saturated carbocycles. The second kappa shape index (κ2) is 5.33. The Kier molecular flexibility index (Phi) is 3.79. The van der Waals surface area contributed by atoms with E-state index in [4.69, 9.17) is 0 Å². The van der Waals surface area contributed by atoms with Crippen LogP contribution in [0.3, 0.4) is 0 Å². The molecule has 18 heavy (non-hydrogen) atoms. The molecule has 0 fully saturated rings. The van der Waals surface area contributed by atoms with E-state index in [9.17, 15) is 5.21 Å². The van der Waals surface area contributed by atoms with Crippen LogP contribution in [-0.2, 0) is 6.54 Å². The van der Waals surface area contributed by atoms with Crippen molar-refractivity contribution < 1.29 is 21.7 Å². The summed E-state index contributed by atoms with van der Waals surface area (Å²) in [5.41, 5.74) is 0.744. The zero-order valence-corrected chi connectivity index (χ0v) is 11.1. The monoisotopic (exact) mass is 278 g/mol. The van der Waals surface area contributed by atoms with Crippen LogP contribution in [0, 0.1) is 5.21 Å². The molecule has 0 atom stereocenters. The fraction of sp³-hybridized carbons (Fsp3) is 0.0769. The van der Waals surface area contributed by atoms with Crippen LogP contribution in [0.4, 0.5) is 0 Å². The van der Waals surface area contributed by atoms with Gasteiger partial charge in [0.1, 0.15) is 0 Å². The van der Waals surface area contributed by atoms with Gasteiger partial charge in [0.15, 0.2) is 18.6 Å². The molecule has 0 aliphatic heterocycles. The van der Waals surface area contributed by atoms with Crippen LogP contribution in [0.25, 0.3) is 10.1 Å². The van der Waals surface area contributed by atoms with Crippen molar-refractivity contribution in [1.82, 2.24) is 0 Å². The predicted octanol–water partition coefficient (Wildman–Crippen LogP) is -1.13. The molecule has 0 aromatic carbocycles. The molecule has 0 bridgehead atoms. The van der Waals surface area contributed by atoms with E-state index in [2.05, 4.69) is 23.7 Å². The minimum Gasteiger partial charge on any atom is -1.00 e. The van der Waals surface area contributed by atoms with Crippen molar-refractivity contribution in [2.75, 3.05) is 0 Å². The van der Waals surface area contributed by atoms with E-state index >= 15 is 0 Å². The zero-order valence-electron chi connectivity index (χ0n) is 9.49. The maximum Gasteiger partial charge on any atom is 0.258 e. The Hall–Kier alpha value is -1.65. The molecule has 0 saturated heterocycles. The number of halogens is 1. The molecule has 92 valence electrons. The van der Waals surface area contributed by atoms with Crippen molar-refractivity contribution in [3.63, 3.8) is 0 Å². The van der Waals surface area contributed by atoms with Gasteiger partial charge in [-0.25, -0.2) is 0 Å². The molecule has 0 radical (unpaired) electrons. The summed E-state index contributed by atoms with van der Waals surface area (Å²) in [6.07, 6.45) is 5.61. The summed E-state index contributed by atoms with van der Waals surface area (Å²) in [6, 6.07) is 9.64. The van der Waals surface area contributed by atoms with Gasteiger partial charge in [-0.1, -0.05) is 0 Å². The van der Waals surface area contributed by atoms with Gasteiger partial charge in [-0.2, -0.15) is 9.30 Å². The van der Waals surface area contributed by atoms with E-state index in [1.807, 2.05) is 22.9 Å². The lowest BCUT2D eigenvalue weighted by Crippen LogP contribution is -3.00. The summed E-state index contributed by atoms with van der Waals surface area (Å²) in [7, 11) is 0. The molecule has 0 aliphatic rings. The average molecular weight is 279 g/mol. The molecule has 5 heteroatoms. The third-order valence-electron chi connectivity index (χ3n) is 2.70. The standard InChI is InChI=1S/C13H11N2OS.ClH/c16-15-6-2-1-3-12(15)9-14-7-4-11-5-8-17-13(11)10-14;/h1-8,10H,9H2;1H/q+1;/p-1. The first-order chi connectivity index (χ1) is 8.33. The Morgan fingerprint density at radius 3 is 2.83 bits per heavy atom. The summed E-state index contributed by atoms with van der Waals surface area (Å²) in [4.78, 5) is 0. The van der Waals surface area contributed by atoms with E-state index in [0.29, 0.717) is 6.54 Å². The van der Waals surface area contributed by atoms with Gasteiger partial charge in [0.05, 0.1) is 4.70 Å². The second-order valence-corrected chi connectivity index (χ2v) is 4.82. The van der Waals surface area contributed by atoms with E-state index in [1.165, 1.54) is 16.3 Å². The van der Waals surface area contributed by atoms with Crippen molar-refractivity contribution in [3.8, 4) is 0 Å². The zero-order chi connectivity index (χ0) is 11.7. The quantitative estimate of drug-likeness (QED) is 0.431. The minimum absolute atomic E-state index is 0. The molecule has 3 heterocycles. The number of thiophene rings is 1. The molecular weight excluding hydrogens is 268 g/mol. The normalized spacial score (nSPS) is 10.2. The van der Waals surface area contributed by atoms with Crippen LogP contribution in [0.1, 0.15) is 5.69 Å². The Labute approximate surface area is 115 Å². The summed E-state index contributed by atoms with van der Waals surface area (Å²) in [5.74, 6) is 0. The Bertz CT molecular complexity index is 669. The van der Waals surface area contributed by atoms with Gasteiger partial charge in [0.2, 0.25) is 6.54 Å². The lowest BCUT2D eigenvalue weighted by atomic mass is 10.3. The molecule has 3 rings (SSSR count). The molecule has 0 N–H and O–H groups in total. The van der Waals surface area contributed by atoms with Gasteiger partial charge >= 0.3 is 0 Å². The van der Waals surface area contributed by atoms with Crippen LogP contribution >= 0.6 is 11.3 Å². The number of fused-ring (bicyclic) bond motifs is 1. The van der Waals surface area contributed by atoms with Crippen LogP contribution in [-0.4, -0.2) is 0 Å². The topological polar surface area (TPSA) is 30.8 Å². The van der Waals surface area contributed by atoms with Crippen LogP contribution in [0.2, 0.25) is 0 Å². The Morgan fingerprint density at radius 1 is 1.11 bits per heavy atom. The fourth-order valence-corrected chi connectivity index (χ4v) is 2.64. The maximum atomic E-state index is 11.5. The van der Waals surface area contributed by atoms with Crippen LogP contribution < -0.4 is 21.7 Å². The van der Waals surface area contributed by atoms with Crippen molar-refractivity contribution in [2.45, 2.75) is 6.54 Å². The third-order valence-corrected chi connectivity index (χ3v) is 3.57. The van der Waals surface area contributed by atoms with Gasteiger partial charge in [0, 0.05) is 23.6 Å². The predicted molar refractivity (Wildman–Crippen MR) is 66.5 cm³/mol. The maximum absolute atomic E-state index is 11.5. The van der Waals surface area contributed by atoms with E-state index in [0.717, 1.165) is 10.4 Å². The lowest BCUT2D eigenvalue weighted by Gasteiger charge is -2.00. The molecule has 0 amide bonds. The number of aromatic nitrogens is 2. The van der Waals surface area contributed by atoms with Crippen molar-refractivity contribution >= 4 is 21.4 Å². The van der Waals surface area contributed by atoms with Gasteiger partial charge in [0.25, 0.3) is 5.69 Å². The van der Waals surface area contributed by atoms with E-state index in [1.54, 1.807) is 17.4 Å². The number of hydrogen-bond donors (Lipinski definition) is 0. The highest BCUT2D eigenvalue weighted by atomic mass is 35.5. The summed E-state index contributed by atoms with van der Waals surface area (Å²) in [6.45, 7) is 0.595. The largest absolute Gasteiger partial charge is 1.00 e. The minimum atomic E-state index is 0. The van der Waals surface area contributed by atoms with Crippen molar-refractivity contribution in [3.05, 3.63) is 65.2 Å². The highest BCUT2D eigenvalue weighted by Gasteiger charge is 2.11. The first kappa shape index (κ1) is 12.8. The number of hydrogen-bond acceptors (Lipinski definition) is 2. The van der Waals surface area contributed by atoms with E-state index < -0.39 is 0 Å². The number of pyridine rings is 2. The smallest absolute Gasteiger partial charge is 0.258 e. The first-order valence-electron chi connectivity index (χ1n) is 5.36. The van der Waals surface area contributed by atoms with Crippen LogP contribution in [0.5, 0.6) is 0 Å². The van der Waals surface area contributed by atoms with E-state index in [-0.39, 0.29) is 12.4 Å². The molecule has 3 aromatic heterocycles. The fourth-order valence-electron chi connectivity index (χ4n) is 1.81. The second-order valence-electron chi connectivity index (χ2n) is 3.88. The molecule has 0 unspecified atom stereocenters. The van der Waals surface area contributed by atoms with Gasteiger partial charge in [-0.3, -0.25) is 0 Å². The van der Waals surface area contributed by atoms with Gasteiger partial charge in [-0.15, -0.1) is 11.3 Å². The summed E-state index contributed by atoms with van der Waals surface area (Å²) < 4.78 is 4.18. The Balaban J connectivity index is 0.00000120. The van der Waals surface area contributed by atoms with Crippen molar-refractivity contribution in [2.24, 2.45) is 0 Å². The highest BCUT2D eigenvalue weighted by molar-refractivity contribution is 7.17.